The average molecular weight is 417 g/mol. The summed E-state index contributed by atoms with van der Waals surface area (Å²) in [6.45, 7) is 11.2. The third-order valence-corrected chi connectivity index (χ3v) is 5.06. The Kier molecular flexibility index (Phi) is 9.60. The number of ether oxygens (including phenoxy) is 2. The number of unbranched alkanes of at least 4 members (excludes halogenated alkanes) is 1. The second-order valence-electron chi connectivity index (χ2n) is 9.08. The molecule has 1 fully saturated rings. The van der Waals surface area contributed by atoms with Gasteiger partial charge in [0.15, 0.2) is 0 Å². The molecule has 0 aliphatic carbocycles. The van der Waals surface area contributed by atoms with E-state index in [9.17, 15) is 14.4 Å². The van der Waals surface area contributed by atoms with Crippen LogP contribution in [-0.2, 0) is 19.1 Å². The SMILES string of the molecule is CC(C)(C)OC(=O)N[C@@H](CCCCNC(=O)[C@@H]1CCSC1)C(=O)OC(C)(C)C. The topological polar surface area (TPSA) is 93.7 Å². The number of hydrogen-bond acceptors (Lipinski definition) is 6. The summed E-state index contributed by atoms with van der Waals surface area (Å²) in [6.07, 6.45) is 2.11. The fraction of sp³-hybridized carbons (Fsp3) is 0.850. The van der Waals surface area contributed by atoms with Crippen molar-refractivity contribution < 1.29 is 23.9 Å². The molecular formula is C20H36N2O5S. The van der Waals surface area contributed by atoms with Gasteiger partial charge in [0, 0.05) is 18.2 Å². The van der Waals surface area contributed by atoms with Crippen LogP contribution >= 0.6 is 11.8 Å². The highest BCUT2D eigenvalue weighted by Gasteiger charge is 2.28. The fourth-order valence-corrected chi connectivity index (χ4v) is 3.86. The summed E-state index contributed by atoms with van der Waals surface area (Å²) in [7, 11) is 0. The molecule has 1 rings (SSSR count). The predicted octanol–water partition coefficient (Wildman–Crippen LogP) is 3.26. The number of esters is 1. The molecular weight excluding hydrogens is 380 g/mol. The van der Waals surface area contributed by atoms with Gasteiger partial charge < -0.3 is 20.1 Å². The highest BCUT2D eigenvalue weighted by atomic mass is 32.2. The summed E-state index contributed by atoms with van der Waals surface area (Å²) in [5, 5.41) is 5.57. The van der Waals surface area contributed by atoms with Crippen LogP contribution < -0.4 is 10.6 Å². The Labute approximate surface area is 173 Å². The van der Waals surface area contributed by atoms with Crippen LogP contribution in [0, 0.1) is 5.92 Å². The number of nitrogens with one attached hydrogen (secondary N) is 2. The lowest BCUT2D eigenvalue weighted by atomic mass is 10.1. The molecule has 162 valence electrons. The van der Waals surface area contributed by atoms with Crippen LogP contribution in [0.25, 0.3) is 0 Å². The highest BCUT2D eigenvalue weighted by Crippen LogP contribution is 2.23. The Bertz CT molecular complexity index is 534. The van der Waals surface area contributed by atoms with Crippen molar-refractivity contribution in [3.05, 3.63) is 0 Å². The van der Waals surface area contributed by atoms with Crippen molar-refractivity contribution in [2.45, 2.75) is 84.5 Å². The second-order valence-corrected chi connectivity index (χ2v) is 10.2. The Morgan fingerprint density at radius 1 is 1.04 bits per heavy atom. The number of hydrogen-bond donors (Lipinski definition) is 2. The molecule has 1 heterocycles. The molecule has 0 radical (unpaired) electrons. The zero-order chi connectivity index (χ0) is 21.4. The van der Waals surface area contributed by atoms with E-state index in [1.54, 1.807) is 41.5 Å². The Morgan fingerprint density at radius 2 is 1.68 bits per heavy atom. The normalized spacial score (nSPS) is 18.3. The highest BCUT2D eigenvalue weighted by molar-refractivity contribution is 7.99. The maximum atomic E-state index is 12.4. The van der Waals surface area contributed by atoms with Crippen molar-refractivity contribution in [2.75, 3.05) is 18.1 Å². The lowest BCUT2D eigenvalue weighted by molar-refractivity contribution is -0.157. The maximum absolute atomic E-state index is 12.4. The predicted molar refractivity (Wildman–Crippen MR) is 111 cm³/mol. The van der Waals surface area contributed by atoms with Crippen molar-refractivity contribution in [2.24, 2.45) is 5.92 Å². The van der Waals surface area contributed by atoms with Crippen LogP contribution in [0.2, 0.25) is 0 Å². The van der Waals surface area contributed by atoms with E-state index < -0.39 is 29.3 Å². The van der Waals surface area contributed by atoms with Gasteiger partial charge in [0.25, 0.3) is 0 Å². The first-order valence-corrected chi connectivity index (χ1v) is 11.1. The van der Waals surface area contributed by atoms with Crippen LogP contribution in [0.5, 0.6) is 0 Å². The van der Waals surface area contributed by atoms with Crippen LogP contribution in [0.1, 0.15) is 67.2 Å². The van der Waals surface area contributed by atoms with Crippen molar-refractivity contribution in [3.8, 4) is 0 Å². The summed E-state index contributed by atoms with van der Waals surface area (Å²) in [6, 6.07) is -0.781. The Hall–Kier alpha value is -1.44. The molecule has 0 aromatic carbocycles. The number of amides is 2. The standard InChI is InChI=1S/C20H36N2O5S/c1-19(2,3)26-17(24)15(22-18(25)27-20(4,5)6)9-7-8-11-21-16(23)14-10-12-28-13-14/h14-15H,7-13H2,1-6H3,(H,21,23)(H,22,25)/t14-,15+/m1/s1. The third-order valence-electron chi connectivity index (χ3n) is 3.90. The van der Waals surface area contributed by atoms with E-state index in [1.807, 2.05) is 11.8 Å². The number of thioether (sulfide) groups is 1. The molecule has 2 amide bonds. The number of alkyl carbamates (subject to hydrolysis) is 1. The van der Waals surface area contributed by atoms with E-state index in [0.29, 0.717) is 19.4 Å². The molecule has 1 aliphatic heterocycles. The monoisotopic (exact) mass is 416 g/mol. The van der Waals surface area contributed by atoms with Gasteiger partial charge in [-0.05, 0) is 73.0 Å². The quantitative estimate of drug-likeness (QED) is 0.466. The minimum atomic E-state index is -0.781. The summed E-state index contributed by atoms with van der Waals surface area (Å²) >= 11 is 1.81. The fourth-order valence-electron chi connectivity index (χ4n) is 2.64. The molecule has 28 heavy (non-hydrogen) atoms. The van der Waals surface area contributed by atoms with Gasteiger partial charge in [-0.25, -0.2) is 9.59 Å². The van der Waals surface area contributed by atoms with E-state index in [-0.39, 0.29) is 11.8 Å². The van der Waals surface area contributed by atoms with Crippen molar-refractivity contribution >= 4 is 29.7 Å². The van der Waals surface area contributed by atoms with Gasteiger partial charge in [0.1, 0.15) is 17.2 Å². The van der Waals surface area contributed by atoms with Crippen molar-refractivity contribution in [3.63, 3.8) is 0 Å². The third kappa shape index (κ3) is 10.8. The summed E-state index contributed by atoms with van der Waals surface area (Å²) in [5.74, 6) is 1.69. The summed E-state index contributed by atoms with van der Waals surface area (Å²) in [5.41, 5.74) is -1.29. The molecule has 0 aromatic rings. The lowest BCUT2D eigenvalue weighted by Crippen LogP contribution is -2.46. The lowest BCUT2D eigenvalue weighted by Gasteiger charge is -2.26. The van der Waals surface area contributed by atoms with Gasteiger partial charge in [0.05, 0.1) is 0 Å². The molecule has 2 atom stereocenters. The van der Waals surface area contributed by atoms with E-state index in [1.165, 1.54) is 0 Å². The molecule has 8 heteroatoms. The minimum Gasteiger partial charge on any atom is -0.458 e. The number of carbonyl (C=O) groups is 3. The first kappa shape index (κ1) is 24.6. The molecule has 0 spiro atoms. The first-order valence-electron chi connectivity index (χ1n) is 9.95. The Balaban J connectivity index is 2.46. The number of rotatable bonds is 8. The van der Waals surface area contributed by atoms with E-state index in [4.69, 9.17) is 9.47 Å². The Morgan fingerprint density at radius 3 is 2.21 bits per heavy atom. The number of carbonyl (C=O) groups excluding carboxylic acids is 3. The molecule has 0 aromatic heterocycles. The van der Waals surface area contributed by atoms with Crippen molar-refractivity contribution in [1.29, 1.82) is 0 Å². The molecule has 1 aliphatic rings. The smallest absolute Gasteiger partial charge is 0.408 e. The molecule has 0 bridgehead atoms. The second kappa shape index (κ2) is 10.9. The minimum absolute atomic E-state index is 0.112. The molecule has 0 saturated carbocycles. The molecule has 2 N–H and O–H groups in total. The van der Waals surface area contributed by atoms with Gasteiger partial charge in [-0.1, -0.05) is 0 Å². The van der Waals surface area contributed by atoms with Gasteiger partial charge in [-0.15, -0.1) is 0 Å². The largest absolute Gasteiger partial charge is 0.458 e. The first-order chi connectivity index (χ1) is 12.9. The zero-order valence-electron chi connectivity index (χ0n) is 18.1. The van der Waals surface area contributed by atoms with E-state index >= 15 is 0 Å². The summed E-state index contributed by atoms with van der Waals surface area (Å²) in [4.78, 5) is 36.5. The van der Waals surface area contributed by atoms with Crippen LogP contribution in [0.4, 0.5) is 4.79 Å². The molecule has 0 unspecified atom stereocenters. The van der Waals surface area contributed by atoms with Crippen LogP contribution in [0.3, 0.4) is 0 Å². The summed E-state index contributed by atoms with van der Waals surface area (Å²) < 4.78 is 10.7. The van der Waals surface area contributed by atoms with E-state index in [0.717, 1.165) is 24.3 Å². The van der Waals surface area contributed by atoms with E-state index in [2.05, 4.69) is 10.6 Å². The van der Waals surface area contributed by atoms with Crippen molar-refractivity contribution in [1.82, 2.24) is 10.6 Å². The molecule has 7 nitrogen and oxygen atoms in total. The van der Waals surface area contributed by atoms with Gasteiger partial charge in [0.2, 0.25) is 5.91 Å². The van der Waals surface area contributed by atoms with Gasteiger partial charge in [-0.2, -0.15) is 11.8 Å². The van der Waals surface area contributed by atoms with Crippen LogP contribution in [-0.4, -0.2) is 53.3 Å². The molecule has 1 saturated heterocycles. The average Bonchev–Trinajstić information content (AvgIpc) is 3.04. The van der Waals surface area contributed by atoms with Gasteiger partial charge in [-0.3, -0.25) is 4.79 Å². The van der Waals surface area contributed by atoms with Crippen LogP contribution in [0.15, 0.2) is 0 Å². The maximum Gasteiger partial charge on any atom is 0.408 e. The zero-order valence-corrected chi connectivity index (χ0v) is 18.9. The van der Waals surface area contributed by atoms with Gasteiger partial charge >= 0.3 is 12.1 Å².